The summed E-state index contributed by atoms with van der Waals surface area (Å²) in [5.74, 6) is 1.08. The molecule has 4 rings (SSSR count). The first-order chi connectivity index (χ1) is 13.6. The van der Waals surface area contributed by atoms with Crippen molar-refractivity contribution in [1.82, 2.24) is 4.90 Å². The van der Waals surface area contributed by atoms with Crippen LogP contribution in [0.25, 0.3) is 0 Å². The molecule has 2 aromatic rings. The van der Waals surface area contributed by atoms with E-state index in [0.29, 0.717) is 24.5 Å². The zero-order valence-corrected chi connectivity index (χ0v) is 15.8. The average molecular weight is 381 g/mol. The van der Waals surface area contributed by atoms with Crippen molar-refractivity contribution >= 4 is 23.2 Å². The second-order valence-corrected chi connectivity index (χ2v) is 6.87. The Balaban J connectivity index is 1.34. The van der Waals surface area contributed by atoms with Gasteiger partial charge in [-0.2, -0.15) is 0 Å². The fourth-order valence-corrected chi connectivity index (χ4v) is 3.54. The lowest BCUT2D eigenvalue weighted by Crippen LogP contribution is -2.50. The Morgan fingerprint density at radius 2 is 1.93 bits per heavy atom. The molecule has 1 fully saturated rings. The van der Waals surface area contributed by atoms with Crippen LogP contribution in [0.5, 0.6) is 11.5 Å². The van der Waals surface area contributed by atoms with Gasteiger partial charge < -0.3 is 24.6 Å². The number of rotatable bonds is 4. The highest BCUT2D eigenvalue weighted by molar-refractivity contribution is 5.99. The van der Waals surface area contributed by atoms with Gasteiger partial charge in [0.25, 0.3) is 5.91 Å². The maximum absolute atomic E-state index is 12.7. The van der Waals surface area contributed by atoms with Crippen molar-refractivity contribution in [1.29, 1.82) is 0 Å². The molecule has 0 spiro atoms. The van der Waals surface area contributed by atoms with Crippen LogP contribution < -0.4 is 19.7 Å². The molecule has 7 heteroatoms. The van der Waals surface area contributed by atoms with Gasteiger partial charge in [-0.3, -0.25) is 9.59 Å². The number of carbonyl (C=O) groups is 2. The summed E-state index contributed by atoms with van der Waals surface area (Å²) in [6.07, 6.45) is -0.752. The lowest BCUT2D eigenvalue weighted by atomic mass is 10.1. The van der Waals surface area contributed by atoms with E-state index in [2.05, 4.69) is 10.2 Å². The highest BCUT2D eigenvalue weighted by atomic mass is 16.5. The van der Waals surface area contributed by atoms with E-state index in [1.165, 1.54) is 0 Å². The van der Waals surface area contributed by atoms with Crippen molar-refractivity contribution in [3.05, 3.63) is 48.5 Å². The summed E-state index contributed by atoms with van der Waals surface area (Å²) in [5.41, 5.74) is 1.72. The van der Waals surface area contributed by atoms with Crippen molar-refractivity contribution in [3.8, 4) is 11.5 Å². The SMILES string of the molecule is COc1cccc(N2CCN(C(=O)C[C@H]3Oc4ccccc4NC3=O)CC2)c1. The summed E-state index contributed by atoms with van der Waals surface area (Å²) in [7, 11) is 1.65. The molecule has 0 bridgehead atoms. The number of ether oxygens (including phenoxy) is 2. The van der Waals surface area contributed by atoms with Crippen LogP contribution in [0.1, 0.15) is 6.42 Å². The van der Waals surface area contributed by atoms with Gasteiger partial charge in [0.05, 0.1) is 19.2 Å². The molecule has 2 aliphatic heterocycles. The first kappa shape index (κ1) is 18.2. The normalized spacial score (nSPS) is 18.8. The number of piperazine rings is 1. The zero-order chi connectivity index (χ0) is 19.5. The lowest BCUT2D eigenvalue weighted by molar-refractivity contribution is -0.137. The first-order valence-electron chi connectivity index (χ1n) is 9.37. The molecular weight excluding hydrogens is 358 g/mol. The lowest BCUT2D eigenvalue weighted by Gasteiger charge is -2.37. The van der Waals surface area contributed by atoms with Crippen LogP contribution in [0.3, 0.4) is 0 Å². The van der Waals surface area contributed by atoms with Crippen molar-refractivity contribution < 1.29 is 19.1 Å². The van der Waals surface area contributed by atoms with Gasteiger partial charge in [-0.05, 0) is 24.3 Å². The molecule has 1 N–H and O–H groups in total. The van der Waals surface area contributed by atoms with Gasteiger partial charge in [0, 0.05) is 37.9 Å². The molecule has 0 radical (unpaired) electrons. The van der Waals surface area contributed by atoms with Crippen LogP contribution in [0.4, 0.5) is 11.4 Å². The van der Waals surface area contributed by atoms with E-state index in [9.17, 15) is 9.59 Å². The monoisotopic (exact) mass is 381 g/mol. The van der Waals surface area contributed by atoms with Gasteiger partial charge in [-0.1, -0.05) is 18.2 Å². The Morgan fingerprint density at radius 3 is 2.71 bits per heavy atom. The van der Waals surface area contributed by atoms with Crippen LogP contribution in [-0.4, -0.2) is 56.1 Å². The molecule has 0 aromatic heterocycles. The Hall–Kier alpha value is -3.22. The predicted molar refractivity (Wildman–Crippen MR) is 106 cm³/mol. The zero-order valence-electron chi connectivity index (χ0n) is 15.8. The molecule has 2 heterocycles. The van der Waals surface area contributed by atoms with Crippen LogP contribution >= 0.6 is 0 Å². The van der Waals surface area contributed by atoms with Gasteiger partial charge in [0.15, 0.2) is 6.10 Å². The van der Waals surface area contributed by atoms with Crippen molar-refractivity contribution in [2.75, 3.05) is 43.5 Å². The van der Waals surface area contributed by atoms with Crippen LogP contribution in [0, 0.1) is 0 Å². The second-order valence-electron chi connectivity index (χ2n) is 6.87. The molecule has 1 atom stereocenters. The molecule has 2 aromatic carbocycles. The smallest absolute Gasteiger partial charge is 0.266 e. The van der Waals surface area contributed by atoms with E-state index in [1.807, 2.05) is 36.4 Å². The number of carbonyl (C=O) groups excluding carboxylic acids is 2. The minimum Gasteiger partial charge on any atom is -0.497 e. The quantitative estimate of drug-likeness (QED) is 0.879. The van der Waals surface area contributed by atoms with Crippen molar-refractivity contribution in [2.24, 2.45) is 0 Å². The fourth-order valence-electron chi connectivity index (χ4n) is 3.54. The van der Waals surface area contributed by atoms with Gasteiger partial charge in [-0.15, -0.1) is 0 Å². The van der Waals surface area contributed by atoms with E-state index in [1.54, 1.807) is 24.1 Å². The third-order valence-electron chi connectivity index (χ3n) is 5.12. The summed E-state index contributed by atoms with van der Waals surface area (Å²) < 4.78 is 11.0. The summed E-state index contributed by atoms with van der Waals surface area (Å²) in [6.45, 7) is 2.70. The van der Waals surface area contributed by atoms with E-state index < -0.39 is 6.10 Å². The maximum atomic E-state index is 12.7. The number of para-hydroxylation sites is 2. The van der Waals surface area contributed by atoms with Crippen LogP contribution in [-0.2, 0) is 9.59 Å². The first-order valence-corrected chi connectivity index (χ1v) is 9.37. The standard InChI is InChI=1S/C21H23N3O4/c1-27-16-6-4-5-15(13-16)23-9-11-24(12-10-23)20(25)14-19-21(26)22-17-7-2-3-8-18(17)28-19/h2-8,13,19H,9-12,14H2,1H3,(H,22,26)/t19-/m1/s1. The van der Waals surface area contributed by atoms with E-state index >= 15 is 0 Å². The number of methoxy groups -OCH3 is 1. The molecule has 0 saturated carbocycles. The third kappa shape index (κ3) is 3.74. The van der Waals surface area contributed by atoms with Crippen molar-refractivity contribution in [2.45, 2.75) is 12.5 Å². The molecule has 28 heavy (non-hydrogen) atoms. The molecule has 2 amide bonds. The van der Waals surface area contributed by atoms with Gasteiger partial charge in [-0.25, -0.2) is 0 Å². The van der Waals surface area contributed by atoms with Crippen LogP contribution in [0.15, 0.2) is 48.5 Å². The maximum Gasteiger partial charge on any atom is 0.266 e. The number of fused-ring (bicyclic) bond motifs is 1. The van der Waals surface area contributed by atoms with Gasteiger partial charge >= 0.3 is 0 Å². The van der Waals surface area contributed by atoms with Gasteiger partial charge in [0.1, 0.15) is 11.5 Å². The summed E-state index contributed by atoms with van der Waals surface area (Å²) in [6, 6.07) is 15.1. The number of benzene rings is 2. The summed E-state index contributed by atoms with van der Waals surface area (Å²) in [4.78, 5) is 29.0. The Kier molecular flexibility index (Phi) is 5.06. The number of nitrogens with one attached hydrogen (secondary N) is 1. The van der Waals surface area contributed by atoms with Crippen LogP contribution in [0.2, 0.25) is 0 Å². The minimum atomic E-state index is -0.793. The Morgan fingerprint density at radius 1 is 1.14 bits per heavy atom. The van der Waals surface area contributed by atoms with Crippen molar-refractivity contribution in [3.63, 3.8) is 0 Å². The average Bonchev–Trinajstić information content (AvgIpc) is 2.74. The highest BCUT2D eigenvalue weighted by Crippen LogP contribution is 2.30. The summed E-state index contributed by atoms with van der Waals surface area (Å²) >= 11 is 0. The van der Waals surface area contributed by atoms with Gasteiger partial charge in [0.2, 0.25) is 5.91 Å². The number of nitrogens with zero attached hydrogens (tertiary/aromatic N) is 2. The Bertz CT molecular complexity index is 877. The molecule has 2 aliphatic rings. The molecule has 146 valence electrons. The molecule has 0 aliphatic carbocycles. The molecule has 0 unspecified atom stereocenters. The van der Waals surface area contributed by atoms with E-state index in [-0.39, 0.29) is 18.2 Å². The third-order valence-corrected chi connectivity index (χ3v) is 5.12. The largest absolute Gasteiger partial charge is 0.497 e. The second kappa shape index (κ2) is 7.80. The number of hydrogen-bond donors (Lipinski definition) is 1. The predicted octanol–water partition coefficient (Wildman–Crippen LogP) is 2.13. The molecular formula is C21H23N3O4. The highest BCUT2D eigenvalue weighted by Gasteiger charge is 2.32. The number of anilines is 2. The minimum absolute atomic E-state index is 0.0410. The van der Waals surface area contributed by atoms with E-state index in [4.69, 9.17) is 9.47 Å². The number of amides is 2. The fraction of sp³-hybridized carbons (Fsp3) is 0.333. The number of hydrogen-bond acceptors (Lipinski definition) is 5. The van der Waals surface area contributed by atoms with E-state index in [0.717, 1.165) is 24.5 Å². The topological polar surface area (TPSA) is 71.1 Å². The molecule has 7 nitrogen and oxygen atoms in total. The molecule has 1 saturated heterocycles. The Labute approximate surface area is 163 Å². The summed E-state index contributed by atoms with van der Waals surface area (Å²) in [5, 5.41) is 2.80.